The van der Waals surface area contributed by atoms with E-state index >= 15 is 0 Å². The number of aromatic nitrogens is 2. The summed E-state index contributed by atoms with van der Waals surface area (Å²) < 4.78 is 5.18. The van der Waals surface area contributed by atoms with Crippen LogP contribution in [0.3, 0.4) is 0 Å². The maximum absolute atomic E-state index is 6.03. The lowest BCUT2D eigenvalue weighted by Gasteiger charge is -2.20. The zero-order valence-electron chi connectivity index (χ0n) is 13.7. The quantitative estimate of drug-likeness (QED) is 0.628. The lowest BCUT2D eigenvalue weighted by atomic mass is 10.2. The number of para-hydroxylation sites is 1. The van der Waals surface area contributed by atoms with E-state index < -0.39 is 0 Å². The predicted molar refractivity (Wildman–Crippen MR) is 97.0 cm³/mol. The van der Waals surface area contributed by atoms with Crippen LogP contribution in [-0.4, -0.2) is 24.1 Å². The third kappa shape index (κ3) is 3.71. The number of anilines is 2. The van der Waals surface area contributed by atoms with E-state index in [4.69, 9.17) is 16.3 Å². The highest BCUT2D eigenvalue weighted by Crippen LogP contribution is 2.30. The van der Waals surface area contributed by atoms with Gasteiger partial charge in [0.25, 0.3) is 0 Å². The average Bonchev–Trinajstić information content (AvgIpc) is 2.62. The van der Waals surface area contributed by atoms with Crippen molar-refractivity contribution in [3.63, 3.8) is 0 Å². The monoisotopic (exact) mass is 329 g/mol. The number of rotatable bonds is 3. The van der Waals surface area contributed by atoms with E-state index in [-0.39, 0.29) is 5.28 Å². The van der Waals surface area contributed by atoms with Crippen molar-refractivity contribution in [2.75, 3.05) is 19.1 Å². The number of hydrogen-bond acceptors (Lipinski definition) is 4. The lowest BCUT2D eigenvalue weighted by Crippen LogP contribution is -2.12. The predicted octanol–water partition coefficient (Wildman–Crippen LogP) is 5.09. The minimum absolute atomic E-state index is 0.240. The van der Waals surface area contributed by atoms with Crippen LogP contribution in [0.5, 0.6) is 5.75 Å². The molecule has 0 aliphatic heterocycles. The molecule has 0 radical (unpaired) electrons. The van der Waals surface area contributed by atoms with E-state index in [2.05, 4.69) is 9.97 Å². The van der Waals surface area contributed by atoms with Gasteiger partial charge in [-0.25, -0.2) is 4.98 Å². The minimum Gasteiger partial charge on any atom is -0.497 e. The molecule has 0 spiro atoms. The van der Waals surface area contributed by atoms with Gasteiger partial charge in [0, 0.05) is 18.1 Å². The Labute approximate surface area is 141 Å². The zero-order valence-corrected chi connectivity index (χ0v) is 14.5. The molecule has 2 aromatic carbocycles. The maximum atomic E-state index is 6.03. The van der Waals surface area contributed by atoms with Crippen LogP contribution in [0.4, 0.5) is 11.5 Å². The molecule has 0 unspecified atom stereocenters. The van der Waals surface area contributed by atoms with Crippen molar-refractivity contribution in [1.82, 2.24) is 9.97 Å². The van der Waals surface area contributed by atoms with E-state index in [0.717, 1.165) is 28.2 Å². The van der Waals surface area contributed by atoms with Gasteiger partial charge in [-0.2, -0.15) is 4.98 Å². The van der Waals surface area contributed by atoms with E-state index in [1.165, 1.54) is 0 Å². The SMILES string of the molecule is CC.COc1ccc(N(C)c2nc(Cl)nc3ccccc23)cc1. The molecule has 3 aromatic rings. The molecule has 120 valence electrons. The van der Waals surface area contributed by atoms with E-state index in [1.807, 2.05) is 74.3 Å². The van der Waals surface area contributed by atoms with Gasteiger partial charge in [-0.3, -0.25) is 0 Å². The van der Waals surface area contributed by atoms with Crippen LogP contribution >= 0.6 is 11.6 Å². The summed E-state index contributed by atoms with van der Waals surface area (Å²) in [6.45, 7) is 4.00. The van der Waals surface area contributed by atoms with E-state index in [9.17, 15) is 0 Å². The number of nitrogens with zero attached hydrogens (tertiary/aromatic N) is 3. The highest BCUT2D eigenvalue weighted by atomic mass is 35.5. The van der Waals surface area contributed by atoms with Crippen LogP contribution in [0.1, 0.15) is 13.8 Å². The molecule has 3 rings (SSSR count). The largest absolute Gasteiger partial charge is 0.497 e. The minimum atomic E-state index is 0.240. The molecular formula is C18H20ClN3O. The highest BCUT2D eigenvalue weighted by molar-refractivity contribution is 6.28. The summed E-state index contributed by atoms with van der Waals surface area (Å²) in [5.41, 5.74) is 1.82. The molecule has 0 saturated heterocycles. The topological polar surface area (TPSA) is 38.2 Å². The van der Waals surface area contributed by atoms with Crippen molar-refractivity contribution in [2.45, 2.75) is 13.8 Å². The van der Waals surface area contributed by atoms with Crippen molar-refractivity contribution < 1.29 is 4.74 Å². The zero-order chi connectivity index (χ0) is 16.8. The Bertz CT molecular complexity index is 775. The fraction of sp³-hybridized carbons (Fsp3) is 0.222. The molecule has 1 heterocycles. The normalized spacial score (nSPS) is 9.96. The molecule has 0 fully saturated rings. The van der Waals surface area contributed by atoms with Crippen LogP contribution in [-0.2, 0) is 0 Å². The van der Waals surface area contributed by atoms with Crippen molar-refractivity contribution in [2.24, 2.45) is 0 Å². The molecular weight excluding hydrogens is 310 g/mol. The van der Waals surface area contributed by atoms with E-state index in [0.29, 0.717) is 0 Å². The Balaban J connectivity index is 0.000000924. The molecule has 4 nitrogen and oxygen atoms in total. The first kappa shape index (κ1) is 17.0. The molecule has 0 atom stereocenters. The molecule has 0 amide bonds. The second-order valence-electron chi connectivity index (χ2n) is 4.59. The van der Waals surface area contributed by atoms with Crippen LogP contribution < -0.4 is 9.64 Å². The van der Waals surface area contributed by atoms with Gasteiger partial charge in [0.1, 0.15) is 11.6 Å². The number of ether oxygens (including phenoxy) is 1. The fourth-order valence-corrected chi connectivity index (χ4v) is 2.39. The summed E-state index contributed by atoms with van der Waals surface area (Å²) in [4.78, 5) is 10.6. The lowest BCUT2D eigenvalue weighted by molar-refractivity contribution is 0.415. The molecule has 0 aliphatic carbocycles. The van der Waals surface area contributed by atoms with Gasteiger partial charge in [0.05, 0.1) is 12.6 Å². The summed E-state index contributed by atoms with van der Waals surface area (Å²) in [7, 11) is 3.60. The standard InChI is InChI=1S/C16H14ClN3O.C2H6/c1-20(11-7-9-12(21-2)10-8-11)15-13-5-3-4-6-14(13)18-16(17)19-15;1-2/h3-10H,1-2H3;1-2H3. The molecule has 23 heavy (non-hydrogen) atoms. The van der Waals surface area contributed by atoms with Gasteiger partial charge in [-0.15, -0.1) is 0 Å². The first-order valence-corrected chi connectivity index (χ1v) is 7.87. The molecule has 0 aliphatic rings. The Kier molecular flexibility index (Phi) is 5.77. The van der Waals surface area contributed by atoms with Crippen molar-refractivity contribution in [3.8, 4) is 5.75 Å². The summed E-state index contributed by atoms with van der Waals surface area (Å²) in [6.07, 6.45) is 0. The smallest absolute Gasteiger partial charge is 0.224 e. The Morgan fingerprint density at radius 2 is 1.61 bits per heavy atom. The van der Waals surface area contributed by atoms with E-state index in [1.54, 1.807) is 7.11 Å². The molecule has 0 bridgehead atoms. The molecule has 0 saturated carbocycles. The second kappa shape index (κ2) is 7.79. The summed E-state index contributed by atoms with van der Waals surface area (Å²) in [5, 5.41) is 1.20. The molecule has 5 heteroatoms. The van der Waals surface area contributed by atoms with Gasteiger partial charge in [-0.05, 0) is 48.0 Å². The molecule has 1 aromatic heterocycles. The second-order valence-corrected chi connectivity index (χ2v) is 4.93. The van der Waals surface area contributed by atoms with Crippen molar-refractivity contribution in [1.29, 1.82) is 0 Å². The number of benzene rings is 2. The Morgan fingerprint density at radius 3 is 2.26 bits per heavy atom. The summed E-state index contributed by atoms with van der Waals surface area (Å²) in [6, 6.07) is 15.6. The molecule has 0 N–H and O–H groups in total. The van der Waals surface area contributed by atoms with Crippen molar-refractivity contribution in [3.05, 3.63) is 53.8 Å². The van der Waals surface area contributed by atoms with Crippen LogP contribution in [0.2, 0.25) is 5.28 Å². The number of halogens is 1. The fourth-order valence-electron chi connectivity index (χ4n) is 2.22. The average molecular weight is 330 g/mol. The first-order chi connectivity index (χ1) is 11.2. The van der Waals surface area contributed by atoms with Crippen LogP contribution in [0, 0.1) is 0 Å². The van der Waals surface area contributed by atoms with Gasteiger partial charge in [-0.1, -0.05) is 26.0 Å². The van der Waals surface area contributed by atoms with Gasteiger partial charge in [0.15, 0.2) is 0 Å². The Hall–Kier alpha value is -2.33. The number of methoxy groups -OCH3 is 1. The third-order valence-corrected chi connectivity index (χ3v) is 3.50. The van der Waals surface area contributed by atoms with Gasteiger partial charge < -0.3 is 9.64 Å². The summed E-state index contributed by atoms with van der Waals surface area (Å²) >= 11 is 6.03. The number of fused-ring (bicyclic) bond motifs is 1. The van der Waals surface area contributed by atoms with Gasteiger partial charge >= 0.3 is 0 Å². The maximum Gasteiger partial charge on any atom is 0.224 e. The third-order valence-electron chi connectivity index (χ3n) is 3.33. The van der Waals surface area contributed by atoms with Gasteiger partial charge in [0.2, 0.25) is 5.28 Å². The Morgan fingerprint density at radius 1 is 0.957 bits per heavy atom. The number of hydrogen-bond donors (Lipinski definition) is 0. The summed E-state index contributed by atoms with van der Waals surface area (Å²) in [5.74, 6) is 1.59. The van der Waals surface area contributed by atoms with Crippen molar-refractivity contribution >= 4 is 34.0 Å². The van der Waals surface area contributed by atoms with Crippen LogP contribution in [0.25, 0.3) is 10.9 Å². The highest BCUT2D eigenvalue weighted by Gasteiger charge is 2.12. The first-order valence-electron chi connectivity index (χ1n) is 7.49. The van der Waals surface area contributed by atoms with Crippen LogP contribution in [0.15, 0.2) is 48.5 Å².